The van der Waals surface area contributed by atoms with E-state index >= 15 is 0 Å². The van der Waals surface area contributed by atoms with Crippen molar-refractivity contribution in [3.63, 3.8) is 0 Å². The number of hydrogen-bond acceptors (Lipinski definition) is 6. The molecule has 2 heterocycles. The Hall–Kier alpha value is -3.64. The van der Waals surface area contributed by atoms with Crippen LogP contribution >= 0.6 is 22.9 Å². The monoisotopic (exact) mass is 496 g/mol. The number of para-hydroxylation sites is 1. The minimum Gasteiger partial charge on any atom is -0.478 e. The summed E-state index contributed by atoms with van der Waals surface area (Å²) in [6.45, 7) is -0.635. The molecule has 0 saturated carbocycles. The SMILES string of the molecule is O=C(COc1cc(C(F)(F)F)nn1-c1ccccc1Cl)Nc1nc2cc(C(=O)O)ccc2s1. The molecule has 0 saturated heterocycles. The third-order valence-electron chi connectivity index (χ3n) is 4.28. The van der Waals surface area contributed by atoms with Crippen molar-refractivity contribution in [3.8, 4) is 11.6 Å². The zero-order valence-corrected chi connectivity index (χ0v) is 17.8. The lowest BCUT2D eigenvalue weighted by Crippen LogP contribution is -2.21. The molecule has 2 aromatic heterocycles. The smallest absolute Gasteiger partial charge is 0.435 e. The van der Waals surface area contributed by atoms with Crippen molar-refractivity contribution in [1.29, 1.82) is 0 Å². The molecule has 8 nitrogen and oxygen atoms in total. The molecule has 0 atom stereocenters. The molecular formula is C20H12ClF3N4O4S. The quantitative estimate of drug-likeness (QED) is 0.394. The van der Waals surface area contributed by atoms with E-state index in [0.29, 0.717) is 16.3 Å². The molecule has 0 aliphatic carbocycles. The van der Waals surface area contributed by atoms with Gasteiger partial charge in [-0.2, -0.15) is 23.0 Å². The van der Waals surface area contributed by atoms with Gasteiger partial charge in [0.2, 0.25) is 5.88 Å². The standard InChI is InChI=1S/C20H12ClF3N4O4S/c21-11-3-1-2-4-13(11)28-17(8-15(27-28)20(22,23)24)32-9-16(29)26-19-25-12-7-10(18(30)31)5-6-14(12)33-19/h1-8H,9H2,(H,30,31)(H,25,26,29). The van der Waals surface area contributed by atoms with Crippen LogP contribution in [0, 0.1) is 0 Å². The van der Waals surface area contributed by atoms with Crippen molar-refractivity contribution in [1.82, 2.24) is 14.8 Å². The minimum atomic E-state index is -4.73. The number of carbonyl (C=O) groups is 2. The summed E-state index contributed by atoms with van der Waals surface area (Å²) in [5.74, 6) is -2.13. The Morgan fingerprint density at radius 2 is 1.94 bits per heavy atom. The topological polar surface area (TPSA) is 106 Å². The molecule has 0 unspecified atom stereocenters. The van der Waals surface area contributed by atoms with Gasteiger partial charge in [-0.15, -0.1) is 0 Å². The number of nitrogens with one attached hydrogen (secondary N) is 1. The number of thiazole rings is 1. The van der Waals surface area contributed by atoms with Gasteiger partial charge in [0.15, 0.2) is 17.4 Å². The van der Waals surface area contributed by atoms with Gasteiger partial charge in [0.25, 0.3) is 5.91 Å². The predicted octanol–water partition coefficient (Wildman–Crippen LogP) is 4.87. The van der Waals surface area contributed by atoms with E-state index in [-0.39, 0.29) is 27.3 Å². The van der Waals surface area contributed by atoms with E-state index in [1.807, 2.05) is 0 Å². The summed E-state index contributed by atoms with van der Waals surface area (Å²) in [6, 6.07) is 11.1. The van der Waals surface area contributed by atoms with Gasteiger partial charge in [0.1, 0.15) is 0 Å². The van der Waals surface area contributed by atoms with Crippen molar-refractivity contribution in [3.05, 3.63) is 64.8 Å². The maximum atomic E-state index is 13.2. The lowest BCUT2D eigenvalue weighted by Gasteiger charge is -2.10. The maximum Gasteiger partial charge on any atom is 0.435 e. The first-order valence-electron chi connectivity index (χ1n) is 9.10. The third-order valence-corrected chi connectivity index (χ3v) is 5.55. The second kappa shape index (κ2) is 8.71. The third kappa shape index (κ3) is 4.91. The van der Waals surface area contributed by atoms with Crippen LogP contribution in [0.15, 0.2) is 48.5 Å². The molecule has 0 aliphatic heterocycles. The van der Waals surface area contributed by atoms with Gasteiger partial charge < -0.3 is 9.84 Å². The highest BCUT2D eigenvalue weighted by Gasteiger charge is 2.36. The Morgan fingerprint density at radius 3 is 2.64 bits per heavy atom. The number of benzene rings is 2. The fourth-order valence-electron chi connectivity index (χ4n) is 2.81. The Labute approximate surface area is 192 Å². The first-order valence-corrected chi connectivity index (χ1v) is 10.3. The van der Waals surface area contributed by atoms with E-state index in [1.54, 1.807) is 18.2 Å². The van der Waals surface area contributed by atoms with Gasteiger partial charge in [-0.3, -0.25) is 10.1 Å². The summed E-state index contributed by atoms with van der Waals surface area (Å²) in [4.78, 5) is 27.5. The number of carbonyl (C=O) groups excluding carboxylic acids is 1. The average Bonchev–Trinajstić information content (AvgIpc) is 3.35. The second-order valence-electron chi connectivity index (χ2n) is 6.57. The molecule has 0 radical (unpaired) electrons. The van der Waals surface area contributed by atoms with Gasteiger partial charge in [0.05, 0.1) is 26.5 Å². The van der Waals surface area contributed by atoms with E-state index in [4.69, 9.17) is 21.4 Å². The normalized spacial score (nSPS) is 11.5. The highest BCUT2D eigenvalue weighted by atomic mass is 35.5. The summed E-state index contributed by atoms with van der Waals surface area (Å²) in [6.07, 6.45) is -4.73. The van der Waals surface area contributed by atoms with E-state index < -0.39 is 30.4 Å². The van der Waals surface area contributed by atoms with Gasteiger partial charge in [-0.05, 0) is 30.3 Å². The summed E-state index contributed by atoms with van der Waals surface area (Å²) in [5, 5.41) is 15.4. The molecule has 33 heavy (non-hydrogen) atoms. The highest BCUT2D eigenvalue weighted by molar-refractivity contribution is 7.22. The number of aromatic nitrogens is 3. The van der Waals surface area contributed by atoms with Crippen molar-refractivity contribution >= 4 is 50.2 Å². The maximum absolute atomic E-state index is 13.2. The molecule has 1 amide bonds. The van der Waals surface area contributed by atoms with Crippen LogP contribution in [-0.2, 0) is 11.0 Å². The van der Waals surface area contributed by atoms with Gasteiger partial charge >= 0.3 is 12.1 Å². The van der Waals surface area contributed by atoms with Crippen molar-refractivity contribution < 1.29 is 32.6 Å². The van der Waals surface area contributed by atoms with Crippen LogP contribution in [0.25, 0.3) is 15.9 Å². The Morgan fingerprint density at radius 1 is 1.18 bits per heavy atom. The van der Waals surface area contributed by atoms with Crippen LogP contribution in [0.5, 0.6) is 5.88 Å². The number of carboxylic acids is 1. The largest absolute Gasteiger partial charge is 0.478 e. The molecule has 4 aromatic rings. The van der Waals surface area contributed by atoms with Crippen molar-refractivity contribution in [2.45, 2.75) is 6.18 Å². The second-order valence-corrected chi connectivity index (χ2v) is 8.01. The molecule has 2 aromatic carbocycles. The average molecular weight is 497 g/mol. The number of fused-ring (bicyclic) bond motifs is 1. The number of nitrogens with zero attached hydrogens (tertiary/aromatic N) is 3. The zero-order valence-electron chi connectivity index (χ0n) is 16.3. The number of amides is 1. The van der Waals surface area contributed by atoms with Crippen LogP contribution in [0.1, 0.15) is 16.1 Å². The van der Waals surface area contributed by atoms with Gasteiger partial charge in [0, 0.05) is 6.07 Å². The Kier molecular flexibility index (Phi) is 5.95. The van der Waals surface area contributed by atoms with Crippen LogP contribution in [0.2, 0.25) is 5.02 Å². The molecule has 13 heteroatoms. The number of rotatable bonds is 6. The van der Waals surface area contributed by atoms with E-state index in [2.05, 4.69) is 15.4 Å². The number of alkyl halides is 3. The minimum absolute atomic E-state index is 0.0438. The predicted molar refractivity (Wildman–Crippen MR) is 114 cm³/mol. The Bertz CT molecular complexity index is 1370. The van der Waals surface area contributed by atoms with Crippen molar-refractivity contribution in [2.75, 3.05) is 11.9 Å². The van der Waals surface area contributed by atoms with Gasteiger partial charge in [-0.25, -0.2) is 9.78 Å². The summed E-state index contributed by atoms with van der Waals surface area (Å²) >= 11 is 7.17. The molecule has 0 aliphatic rings. The zero-order chi connectivity index (χ0) is 23.8. The number of aromatic carboxylic acids is 1. The van der Waals surface area contributed by atoms with E-state index in [9.17, 15) is 22.8 Å². The molecular weight excluding hydrogens is 485 g/mol. The fraction of sp³-hybridized carbons (Fsp3) is 0.100. The fourth-order valence-corrected chi connectivity index (χ4v) is 3.89. The highest BCUT2D eigenvalue weighted by Crippen LogP contribution is 2.33. The van der Waals surface area contributed by atoms with E-state index in [0.717, 1.165) is 16.0 Å². The molecule has 170 valence electrons. The van der Waals surface area contributed by atoms with Crippen LogP contribution in [-0.4, -0.2) is 38.4 Å². The van der Waals surface area contributed by atoms with E-state index in [1.165, 1.54) is 24.3 Å². The lowest BCUT2D eigenvalue weighted by molar-refractivity contribution is -0.141. The molecule has 0 bridgehead atoms. The van der Waals surface area contributed by atoms with Gasteiger partial charge in [-0.1, -0.05) is 35.1 Å². The number of halogens is 4. The number of anilines is 1. The number of carboxylic acid groups (broad SMARTS) is 1. The van der Waals surface area contributed by atoms with Crippen LogP contribution in [0.4, 0.5) is 18.3 Å². The molecule has 0 fully saturated rings. The first-order chi connectivity index (χ1) is 15.6. The summed E-state index contributed by atoms with van der Waals surface area (Å²) < 4.78 is 46.3. The molecule has 0 spiro atoms. The molecule has 4 rings (SSSR count). The number of hydrogen-bond donors (Lipinski definition) is 2. The lowest BCUT2D eigenvalue weighted by atomic mass is 10.2. The number of ether oxygens (including phenoxy) is 1. The first kappa shape index (κ1) is 22.6. The van der Waals surface area contributed by atoms with Crippen LogP contribution in [0.3, 0.4) is 0 Å². The van der Waals surface area contributed by atoms with Crippen LogP contribution < -0.4 is 10.1 Å². The van der Waals surface area contributed by atoms with Crippen molar-refractivity contribution in [2.24, 2.45) is 0 Å². The summed E-state index contributed by atoms with van der Waals surface area (Å²) in [5.41, 5.74) is -0.645. The summed E-state index contributed by atoms with van der Waals surface area (Å²) in [7, 11) is 0. The Balaban J connectivity index is 1.52. The molecule has 2 N–H and O–H groups in total.